The highest BCUT2D eigenvalue weighted by Gasteiger charge is 2.48. The molecule has 0 aliphatic heterocycles. The minimum absolute atomic E-state index is 0.00451. The van der Waals surface area contributed by atoms with E-state index in [-0.39, 0.29) is 34.4 Å². The van der Waals surface area contributed by atoms with Gasteiger partial charge in [0, 0.05) is 18.6 Å². The second-order valence-electron chi connectivity index (χ2n) is 6.08. The number of sulfonamides is 1. The fourth-order valence-electron chi connectivity index (χ4n) is 3.89. The summed E-state index contributed by atoms with van der Waals surface area (Å²) in [5, 5.41) is 18.4. The highest BCUT2D eigenvalue weighted by atomic mass is 35.5. The molecule has 0 radical (unpaired) electrons. The van der Waals surface area contributed by atoms with Gasteiger partial charge in [-0.15, -0.1) is 0 Å². The van der Waals surface area contributed by atoms with Crippen LogP contribution in [0.4, 0.5) is 0 Å². The average Bonchev–Trinajstić information content (AvgIpc) is 3.07. The van der Waals surface area contributed by atoms with Crippen LogP contribution >= 0.6 is 11.6 Å². The van der Waals surface area contributed by atoms with Gasteiger partial charge in [-0.2, -0.15) is 5.26 Å². The zero-order chi connectivity index (χ0) is 15.9. The number of aliphatic hydroxyl groups is 1. The Morgan fingerprint density at radius 1 is 1.36 bits per heavy atom. The number of nitrogens with zero attached hydrogens (tertiary/aromatic N) is 1. The van der Waals surface area contributed by atoms with Crippen LogP contribution in [-0.4, -0.2) is 26.2 Å². The van der Waals surface area contributed by atoms with E-state index in [4.69, 9.17) is 16.9 Å². The maximum Gasteiger partial charge on any atom is 0.242 e. The van der Waals surface area contributed by atoms with Crippen LogP contribution in [0.5, 0.6) is 0 Å². The summed E-state index contributed by atoms with van der Waals surface area (Å²) in [6.07, 6.45) is 3.03. The molecule has 4 unspecified atom stereocenters. The minimum Gasteiger partial charge on any atom is -0.396 e. The van der Waals surface area contributed by atoms with E-state index in [1.807, 2.05) is 6.07 Å². The van der Waals surface area contributed by atoms with Crippen LogP contribution in [0.1, 0.15) is 24.8 Å². The van der Waals surface area contributed by atoms with Crippen LogP contribution in [0.25, 0.3) is 0 Å². The lowest BCUT2D eigenvalue weighted by Gasteiger charge is -2.30. The SMILES string of the molecule is N#Cc1ccc(S(=O)(=O)NC2C3CCC(C3)C2CO)c(Cl)c1. The summed E-state index contributed by atoms with van der Waals surface area (Å²) in [6, 6.07) is 5.82. The van der Waals surface area contributed by atoms with Crippen molar-refractivity contribution in [1.29, 1.82) is 5.26 Å². The van der Waals surface area contributed by atoms with Crippen LogP contribution in [0.3, 0.4) is 0 Å². The summed E-state index contributed by atoms with van der Waals surface area (Å²) in [6.45, 7) is -0.00451. The smallest absolute Gasteiger partial charge is 0.242 e. The molecule has 2 N–H and O–H groups in total. The van der Waals surface area contributed by atoms with Gasteiger partial charge in [-0.25, -0.2) is 13.1 Å². The van der Waals surface area contributed by atoms with Gasteiger partial charge in [-0.3, -0.25) is 0 Å². The number of hydrogen-bond acceptors (Lipinski definition) is 4. The third-order valence-electron chi connectivity index (χ3n) is 4.94. The molecule has 2 fully saturated rings. The molecule has 0 saturated heterocycles. The number of benzene rings is 1. The van der Waals surface area contributed by atoms with Crippen molar-refractivity contribution in [2.75, 3.05) is 6.61 Å². The number of fused-ring (bicyclic) bond motifs is 2. The number of halogens is 1. The largest absolute Gasteiger partial charge is 0.396 e. The number of aliphatic hydroxyl groups excluding tert-OH is 1. The molecule has 4 atom stereocenters. The molecular formula is C15H17ClN2O3S. The highest BCUT2D eigenvalue weighted by Crippen LogP contribution is 2.48. The lowest BCUT2D eigenvalue weighted by molar-refractivity contribution is 0.153. The first-order valence-electron chi connectivity index (χ1n) is 7.29. The molecule has 2 bridgehead atoms. The molecule has 3 rings (SSSR count). The van der Waals surface area contributed by atoms with Gasteiger partial charge in [-0.1, -0.05) is 11.6 Å². The molecule has 2 aliphatic carbocycles. The van der Waals surface area contributed by atoms with E-state index in [0.29, 0.717) is 11.5 Å². The Bertz CT molecular complexity index is 729. The summed E-state index contributed by atoms with van der Waals surface area (Å²) in [5.74, 6) is 0.666. The van der Waals surface area contributed by atoms with Crippen LogP contribution in [-0.2, 0) is 10.0 Å². The maximum atomic E-state index is 12.6. The van der Waals surface area contributed by atoms with Gasteiger partial charge in [0.1, 0.15) is 4.90 Å². The van der Waals surface area contributed by atoms with Crippen molar-refractivity contribution >= 4 is 21.6 Å². The van der Waals surface area contributed by atoms with Crippen molar-refractivity contribution in [3.05, 3.63) is 28.8 Å². The minimum atomic E-state index is -3.77. The quantitative estimate of drug-likeness (QED) is 0.875. The first kappa shape index (κ1) is 15.8. The van der Waals surface area contributed by atoms with Gasteiger partial charge >= 0.3 is 0 Å². The lowest BCUT2D eigenvalue weighted by Crippen LogP contribution is -2.45. The molecule has 0 aromatic heterocycles. The molecular weight excluding hydrogens is 324 g/mol. The number of nitrogens with one attached hydrogen (secondary N) is 1. The van der Waals surface area contributed by atoms with E-state index in [2.05, 4.69) is 4.72 Å². The topological polar surface area (TPSA) is 90.2 Å². The van der Waals surface area contributed by atoms with Crippen LogP contribution < -0.4 is 4.72 Å². The van der Waals surface area contributed by atoms with Crippen LogP contribution in [0.15, 0.2) is 23.1 Å². The van der Waals surface area contributed by atoms with Crippen molar-refractivity contribution in [3.63, 3.8) is 0 Å². The van der Waals surface area contributed by atoms with Gasteiger partial charge in [-0.05, 0) is 49.3 Å². The van der Waals surface area contributed by atoms with Crippen molar-refractivity contribution in [1.82, 2.24) is 4.72 Å². The molecule has 5 nitrogen and oxygen atoms in total. The van der Waals surface area contributed by atoms with Gasteiger partial charge in [0.2, 0.25) is 10.0 Å². The summed E-state index contributed by atoms with van der Waals surface area (Å²) in [7, 11) is -3.77. The Morgan fingerprint density at radius 3 is 2.73 bits per heavy atom. The predicted molar refractivity (Wildman–Crippen MR) is 81.7 cm³/mol. The van der Waals surface area contributed by atoms with E-state index in [0.717, 1.165) is 19.3 Å². The standard InChI is InChI=1S/C15H17ClN2O3S/c16-13-5-9(7-17)1-4-14(13)22(20,21)18-15-11-3-2-10(6-11)12(15)8-19/h1,4-5,10-12,15,18-19H,2-3,6,8H2. The van der Waals surface area contributed by atoms with E-state index >= 15 is 0 Å². The lowest BCUT2D eigenvalue weighted by atomic mass is 9.86. The number of rotatable bonds is 4. The second kappa shape index (κ2) is 5.82. The Kier molecular flexibility index (Phi) is 4.17. The summed E-state index contributed by atoms with van der Waals surface area (Å²) in [5.41, 5.74) is 0.317. The summed E-state index contributed by atoms with van der Waals surface area (Å²) < 4.78 is 27.9. The van der Waals surface area contributed by atoms with Gasteiger partial charge in [0.05, 0.1) is 16.7 Å². The first-order chi connectivity index (χ1) is 10.5. The molecule has 22 heavy (non-hydrogen) atoms. The van der Waals surface area contributed by atoms with E-state index in [1.165, 1.54) is 18.2 Å². The molecule has 118 valence electrons. The van der Waals surface area contributed by atoms with E-state index in [1.54, 1.807) is 0 Å². The Hall–Kier alpha value is -1.13. The predicted octanol–water partition coefficient (Wildman–Crippen LogP) is 1.90. The molecule has 1 aromatic rings. The molecule has 2 aliphatic rings. The number of nitriles is 1. The molecule has 0 amide bonds. The molecule has 0 heterocycles. The number of hydrogen-bond donors (Lipinski definition) is 2. The molecule has 1 aromatic carbocycles. The van der Waals surface area contributed by atoms with Crippen LogP contribution in [0.2, 0.25) is 5.02 Å². The Labute approximate surface area is 135 Å². The van der Waals surface area contributed by atoms with Gasteiger partial charge in [0.15, 0.2) is 0 Å². The summed E-state index contributed by atoms with van der Waals surface area (Å²) in [4.78, 5) is -0.0207. The molecule has 2 saturated carbocycles. The monoisotopic (exact) mass is 340 g/mol. The average molecular weight is 341 g/mol. The third kappa shape index (κ3) is 2.63. The Morgan fingerprint density at radius 2 is 2.09 bits per heavy atom. The van der Waals surface area contributed by atoms with Crippen molar-refractivity contribution in [3.8, 4) is 6.07 Å². The van der Waals surface area contributed by atoms with Crippen molar-refractivity contribution in [2.24, 2.45) is 17.8 Å². The van der Waals surface area contributed by atoms with Gasteiger partial charge < -0.3 is 5.11 Å². The second-order valence-corrected chi connectivity index (χ2v) is 8.17. The first-order valence-corrected chi connectivity index (χ1v) is 9.15. The fraction of sp³-hybridized carbons (Fsp3) is 0.533. The van der Waals surface area contributed by atoms with Gasteiger partial charge in [0.25, 0.3) is 0 Å². The normalized spacial score (nSPS) is 30.4. The summed E-state index contributed by atoms with van der Waals surface area (Å²) >= 11 is 6.01. The fourth-order valence-corrected chi connectivity index (χ4v) is 5.79. The zero-order valence-corrected chi connectivity index (χ0v) is 13.4. The van der Waals surface area contributed by atoms with Crippen LogP contribution in [0, 0.1) is 29.1 Å². The third-order valence-corrected chi connectivity index (χ3v) is 6.88. The highest BCUT2D eigenvalue weighted by molar-refractivity contribution is 7.89. The van der Waals surface area contributed by atoms with E-state index in [9.17, 15) is 13.5 Å². The molecule has 0 spiro atoms. The molecule has 7 heteroatoms. The Balaban J connectivity index is 1.87. The van der Waals surface area contributed by atoms with E-state index < -0.39 is 10.0 Å². The zero-order valence-electron chi connectivity index (χ0n) is 11.9. The van der Waals surface area contributed by atoms with Crippen molar-refractivity contribution < 1.29 is 13.5 Å². The maximum absolute atomic E-state index is 12.6. The van der Waals surface area contributed by atoms with Crippen molar-refractivity contribution in [2.45, 2.75) is 30.2 Å².